The quantitative estimate of drug-likeness (QED) is 0.761. The monoisotopic (exact) mass is 253 g/mol. The maximum atomic E-state index is 11.8. The van der Waals surface area contributed by atoms with Crippen molar-refractivity contribution in [3.63, 3.8) is 0 Å². The van der Waals surface area contributed by atoms with E-state index in [1.54, 1.807) is 13.8 Å². The molecule has 0 aromatic carbocycles. The lowest BCUT2D eigenvalue weighted by Gasteiger charge is -2.17. The van der Waals surface area contributed by atoms with Crippen molar-refractivity contribution < 1.29 is 14.7 Å². The van der Waals surface area contributed by atoms with Gasteiger partial charge in [-0.3, -0.25) is 9.59 Å². The zero-order chi connectivity index (χ0) is 13.9. The van der Waals surface area contributed by atoms with Crippen LogP contribution in [-0.4, -0.2) is 32.8 Å². The fourth-order valence-electron chi connectivity index (χ4n) is 1.35. The molecular formula is C11H15N3O4. The number of aromatic nitrogens is 2. The molecule has 1 rings (SSSR count). The topological polar surface area (TPSA) is 101 Å². The van der Waals surface area contributed by atoms with Gasteiger partial charge in [-0.15, -0.1) is 0 Å². The summed E-state index contributed by atoms with van der Waals surface area (Å²) in [6, 6.07) is 1.47. The minimum atomic E-state index is -1.11. The molecule has 2 N–H and O–H groups in total. The van der Waals surface area contributed by atoms with E-state index in [9.17, 15) is 14.4 Å². The molecular weight excluding hydrogens is 238 g/mol. The first-order chi connectivity index (χ1) is 8.32. The number of carbonyl (C=O) groups excluding carboxylic acids is 1. The minimum Gasteiger partial charge on any atom is -0.480 e. The van der Waals surface area contributed by atoms with Crippen molar-refractivity contribution in [3.8, 4) is 0 Å². The number of amides is 1. The first-order valence-electron chi connectivity index (χ1n) is 5.41. The fraction of sp³-hybridized carbons (Fsp3) is 0.455. The van der Waals surface area contributed by atoms with Gasteiger partial charge in [0.2, 0.25) is 0 Å². The number of aliphatic carboxylic acids is 1. The molecule has 0 radical (unpaired) electrons. The number of aryl methyl sites for hydroxylation is 1. The third-order valence-electron chi connectivity index (χ3n) is 2.41. The molecule has 18 heavy (non-hydrogen) atoms. The van der Waals surface area contributed by atoms with Crippen molar-refractivity contribution in [1.29, 1.82) is 0 Å². The highest BCUT2D eigenvalue weighted by Crippen LogP contribution is 2.03. The van der Waals surface area contributed by atoms with E-state index in [1.807, 2.05) is 0 Å². The Kier molecular flexibility index (Phi) is 4.19. The van der Waals surface area contributed by atoms with E-state index in [0.29, 0.717) is 0 Å². The summed E-state index contributed by atoms with van der Waals surface area (Å²) >= 11 is 0. The molecule has 0 saturated heterocycles. The lowest BCUT2D eigenvalue weighted by molar-refractivity contribution is -0.140. The summed E-state index contributed by atoms with van der Waals surface area (Å²) in [5.74, 6) is -1.98. The van der Waals surface area contributed by atoms with Gasteiger partial charge in [-0.2, -0.15) is 5.10 Å². The van der Waals surface area contributed by atoms with Gasteiger partial charge in [-0.25, -0.2) is 9.48 Å². The van der Waals surface area contributed by atoms with Crippen molar-refractivity contribution in [3.05, 3.63) is 28.2 Å². The third-order valence-corrected chi connectivity index (χ3v) is 2.41. The van der Waals surface area contributed by atoms with Gasteiger partial charge in [0.25, 0.3) is 11.5 Å². The Balaban J connectivity index is 2.90. The molecule has 7 heteroatoms. The molecule has 98 valence electrons. The Morgan fingerprint density at radius 2 is 2.00 bits per heavy atom. The second-order valence-corrected chi connectivity index (χ2v) is 4.21. The Labute approximate surface area is 103 Å². The minimum absolute atomic E-state index is 0.00370. The Bertz CT molecular complexity index is 521. The van der Waals surface area contributed by atoms with Crippen LogP contribution in [0.5, 0.6) is 0 Å². The summed E-state index contributed by atoms with van der Waals surface area (Å²) in [4.78, 5) is 33.8. The van der Waals surface area contributed by atoms with Crippen LogP contribution in [-0.2, 0) is 11.8 Å². The molecule has 7 nitrogen and oxygen atoms in total. The summed E-state index contributed by atoms with van der Waals surface area (Å²) in [6.07, 6.45) is 0. The highest BCUT2D eigenvalue weighted by Gasteiger charge is 2.24. The number of carbonyl (C=O) groups is 2. The SMILES string of the molecule is CC(C)C(NC(=O)c1ccc(=O)n(C)n1)C(=O)O. The Morgan fingerprint density at radius 1 is 1.39 bits per heavy atom. The fourth-order valence-corrected chi connectivity index (χ4v) is 1.35. The molecule has 1 amide bonds. The first kappa shape index (κ1) is 13.9. The van der Waals surface area contributed by atoms with E-state index >= 15 is 0 Å². The van der Waals surface area contributed by atoms with Gasteiger partial charge in [0.1, 0.15) is 11.7 Å². The van der Waals surface area contributed by atoms with Crippen LogP contribution in [0.4, 0.5) is 0 Å². The Morgan fingerprint density at radius 3 is 2.44 bits per heavy atom. The molecule has 0 spiro atoms. The third kappa shape index (κ3) is 3.16. The highest BCUT2D eigenvalue weighted by molar-refractivity contribution is 5.94. The molecule has 0 aliphatic rings. The molecule has 1 atom stereocenters. The lowest BCUT2D eigenvalue weighted by Crippen LogP contribution is -2.44. The van der Waals surface area contributed by atoms with Crippen LogP contribution < -0.4 is 10.9 Å². The Hall–Kier alpha value is -2.18. The van der Waals surface area contributed by atoms with E-state index < -0.39 is 17.9 Å². The van der Waals surface area contributed by atoms with Crippen molar-refractivity contribution in [1.82, 2.24) is 15.1 Å². The van der Waals surface area contributed by atoms with Crippen LogP contribution in [0.1, 0.15) is 24.3 Å². The summed E-state index contributed by atoms with van der Waals surface area (Å²) in [7, 11) is 1.41. The molecule has 1 aromatic rings. The molecule has 1 unspecified atom stereocenters. The van der Waals surface area contributed by atoms with Crippen LogP contribution in [0.2, 0.25) is 0 Å². The summed E-state index contributed by atoms with van der Waals surface area (Å²) in [6.45, 7) is 3.38. The van der Waals surface area contributed by atoms with E-state index in [-0.39, 0.29) is 17.2 Å². The molecule has 1 heterocycles. The van der Waals surface area contributed by atoms with E-state index in [4.69, 9.17) is 5.11 Å². The molecule has 0 aliphatic heterocycles. The lowest BCUT2D eigenvalue weighted by atomic mass is 10.0. The largest absolute Gasteiger partial charge is 0.480 e. The van der Waals surface area contributed by atoms with Crippen molar-refractivity contribution >= 4 is 11.9 Å². The van der Waals surface area contributed by atoms with Gasteiger partial charge in [-0.05, 0) is 12.0 Å². The number of rotatable bonds is 4. The number of hydrogen-bond acceptors (Lipinski definition) is 4. The normalized spacial score (nSPS) is 12.2. The van der Waals surface area contributed by atoms with Crippen LogP contribution >= 0.6 is 0 Å². The number of nitrogens with zero attached hydrogens (tertiary/aromatic N) is 2. The molecule has 0 bridgehead atoms. The number of nitrogens with one attached hydrogen (secondary N) is 1. The van der Waals surface area contributed by atoms with Crippen LogP contribution in [0, 0.1) is 5.92 Å². The van der Waals surface area contributed by atoms with Crippen LogP contribution in [0.3, 0.4) is 0 Å². The zero-order valence-corrected chi connectivity index (χ0v) is 10.4. The van der Waals surface area contributed by atoms with E-state index in [1.165, 1.54) is 19.2 Å². The average molecular weight is 253 g/mol. The number of carboxylic acid groups (broad SMARTS) is 1. The van der Waals surface area contributed by atoms with Gasteiger partial charge in [0.05, 0.1) is 0 Å². The molecule has 0 saturated carbocycles. The van der Waals surface area contributed by atoms with Gasteiger partial charge >= 0.3 is 5.97 Å². The second kappa shape index (κ2) is 5.44. The van der Waals surface area contributed by atoms with Gasteiger partial charge in [0, 0.05) is 13.1 Å². The van der Waals surface area contributed by atoms with Crippen molar-refractivity contribution in [2.75, 3.05) is 0 Å². The maximum absolute atomic E-state index is 11.8. The van der Waals surface area contributed by atoms with Crippen LogP contribution in [0.15, 0.2) is 16.9 Å². The zero-order valence-electron chi connectivity index (χ0n) is 10.4. The van der Waals surface area contributed by atoms with E-state index in [2.05, 4.69) is 10.4 Å². The summed E-state index contributed by atoms with van der Waals surface area (Å²) in [5, 5.41) is 15.1. The second-order valence-electron chi connectivity index (χ2n) is 4.21. The predicted octanol–water partition coefficient (Wildman–Crippen LogP) is -0.381. The first-order valence-corrected chi connectivity index (χ1v) is 5.41. The van der Waals surface area contributed by atoms with E-state index in [0.717, 1.165) is 4.68 Å². The van der Waals surface area contributed by atoms with Gasteiger partial charge in [0.15, 0.2) is 0 Å². The number of carboxylic acids is 1. The molecule has 0 aliphatic carbocycles. The summed E-state index contributed by atoms with van der Waals surface area (Å²) < 4.78 is 1.01. The predicted molar refractivity (Wildman–Crippen MR) is 63.2 cm³/mol. The number of hydrogen-bond donors (Lipinski definition) is 2. The molecule has 0 fully saturated rings. The van der Waals surface area contributed by atoms with Gasteiger partial charge in [-0.1, -0.05) is 13.8 Å². The molecule has 1 aromatic heterocycles. The smallest absolute Gasteiger partial charge is 0.326 e. The van der Waals surface area contributed by atoms with Crippen molar-refractivity contribution in [2.24, 2.45) is 13.0 Å². The van der Waals surface area contributed by atoms with Crippen LogP contribution in [0.25, 0.3) is 0 Å². The average Bonchev–Trinajstić information content (AvgIpc) is 2.28. The maximum Gasteiger partial charge on any atom is 0.326 e. The summed E-state index contributed by atoms with van der Waals surface area (Å²) in [5.41, 5.74) is -0.339. The van der Waals surface area contributed by atoms with Crippen molar-refractivity contribution in [2.45, 2.75) is 19.9 Å². The highest BCUT2D eigenvalue weighted by atomic mass is 16.4. The standard InChI is InChI=1S/C11H15N3O4/c1-6(2)9(11(17)18)12-10(16)7-4-5-8(15)14(3)13-7/h4-6,9H,1-3H3,(H,12,16)(H,17,18). The van der Waals surface area contributed by atoms with Gasteiger partial charge < -0.3 is 10.4 Å².